The zero-order valence-corrected chi connectivity index (χ0v) is 11.4. The molecule has 2 heterocycles. The third-order valence-electron chi connectivity index (χ3n) is 3.53. The van der Waals surface area contributed by atoms with E-state index in [1.165, 1.54) is 25.7 Å². The van der Waals surface area contributed by atoms with E-state index in [4.69, 9.17) is 5.73 Å². The van der Waals surface area contributed by atoms with Gasteiger partial charge in [-0.2, -0.15) is 4.98 Å². The van der Waals surface area contributed by atoms with Gasteiger partial charge in [0.2, 0.25) is 5.95 Å². The number of hydrogen-bond acceptors (Lipinski definition) is 4. The van der Waals surface area contributed by atoms with E-state index >= 15 is 0 Å². The van der Waals surface area contributed by atoms with Crippen molar-refractivity contribution in [3.63, 3.8) is 0 Å². The molecule has 1 aliphatic heterocycles. The van der Waals surface area contributed by atoms with Crippen LogP contribution in [0, 0.1) is 0 Å². The molecule has 1 aromatic heterocycles. The van der Waals surface area contributed by atoms with E-state index in [1.807, 2.05) is 0 Å². The molecule has 0 aliphatic carbocycles. The topological polar surface area (TPSA) is 70.8 Å². The number of H-pyrrole nitrogens is 1. The number of piperidine rings is 1. The second-order valence-corrected chi connectivity index (χ2v) is 5.24. The van der Waals surface area contributed by atoms with Gasteiger partial charge in [0.1, 0.15) is 5.82 Å². The number of unbranched alkanes of at least 4 members (excludes halogenated alkanes) is 3. The average molecular weight is 251 g/mol. The Kier molecular flexibility index (Phi) is 4.99. The molecule has 1 aliphatic rings. The van der Waals surface area contributed by atoms with E-state index in [-0.39, 0.29) is 6.04 Å². The van der Waals surface area contributed by atoms with Crippen LogP contribution in [0.15, 0.2) is 0 Å². The first-order chi connectivity index (χ1) is 8.79. The predicted molar refractivity (Wildman–Crippen MR) is 73.7 cm³/mol. The van der Waals surface area contributed by atoms with Crippen LogP contribution >= 0.6 is 0 Å². The van der Waals surface area contributed by atoms with E-state index in [1.54, 1.807) is 0 Å². The lowest BCUT2D eigenvalue weighted by Gasteiger charge is -2.29. The van der Waals surface area contributed by atoms with E-state index < -0.39 is 0 Å². The minimum atomic E-state index is 0.269. The second kappa shape index (κ2) is 6.73. The largest absolute Gasteiger partial charge is 0.338 e. The zero-order chi connectivity index (χ0) is 12.8. The van der Waals surface area contributed by atoms with Gasteiger partial charge in [0.05, 0.1) is 0 Å². The predicted octanol–water partition coefficient (Wildman–Crippen LogP) is 1.85. The Balaban J connectivity index is 1.81. The van der Waals surface area contributed by atoms with Crippen molar-refractivity contribution in [1.29, 1.82) is 0 Å². The number of anilines is 1. The lowest BCUT2D eigenvalue weighted by Crippen LogP contribution is -2.43. The second-order valence-electron chi connectivity index (χ2n) is 5.24. The Hall–Kier alpha value is -1.10. The summed E-state index contributed by atoms with van der Waals surface area (Å²) in [5.74, 6) is 1.84. The van der Waals surface area contributed by atoms with Crippen molar-refractivity contribution in [1.82, 2.24) is 15.2 Å². The fraction of sp³-hybridized carbons (Fsp3) is 0.846. The van der Waals surface area contributed by atoms with Crippen molar-refractivity contribution in [3.8, 4) is 0 Å². The quantitative estimate of drug-likeness (QED) is 0.757. The molecule has 0 radical (unpaired) electrons. The molecule has 2 rings (SSSR count). The average Bonchev–Trinajstić information content (AvgIpc) is 2.83. The van der Waals surface area contributed by atoms with Gasteiger partial charge in [0.25, 0.3) is 0 Å². The summed E-state index contributed by atoms with van der Waals surface area (Å²) in [4.78, 5) is 6.76. The maximum Gasteiger partial charge on any atom is 0.244 e. The molecular weight excluding hydrogens is 226 g/mol. The molecule has 18 heavy (non-hydrogen) atoms. The highest BCUT2D eigenvalue weighted by molar-refractivity contribution is 5.29. The van der Waals surface area contributed by atoms with Gasteiger partial charge in [-0.05, 0) is 19.3 Å². The minimum absolute atomic E-state index is 0.269. The maximum absolute atomic E-state index is 5.98. The first-order valence-electron chi connectivity index (χ1n) is 7.21. The molecule has 102 valence electrons. The van der Waals surface area contributed by atoms with Crippen LogP contribution in [0.1, 0.15) is 51.3 Å². The molecule has 0 bridgehead atoms. The van der Waals surface area contributed by atoms with Gasteiger partial charge >= 0.3 is 0 Å². The number of nitrogens with zero attached hydrogens (tertiary/aromatic N) is 3. The van der Waals surface area contributed by atoms with Gasteiger partial charge in [-0.25, -0.2) is 0 Å². The summed E-state index contributed by atoms with van der Waals surface area (Å²) < 4.78 is 0. The Bertz CT molecular complexity index is 349. The number of aromatic amines is 1. The van der Waals surface area contributed by atoms with E-state index in [0.717, 1.165) is 44.1 Å². The summed E-state index contributed by atoms with van der Waals surface area (Å²) in [5, 5.41) is 7.36. The molecule has 0 amide bonds. The van der Waals surface area contributed by atoms with Gasteiger partial charge in [-0.1, -0.05) is 26.2 Å². The van der Waals surface area contributed by atoms with Crippen LogP contribution in [0.2, 0.25) is 0 Å². The lowest BCUT2D eigenvalue weighted by molar-refractivity contribution is 0.500. The summed E-state index contributed by atoms with van der Waals surface area (Å²) in [6.45, 7) is 4.14. The first-order valence-corrected chi connectivity index (χ1v) is 7.21. The number of aryl methyl sites for hydroxylation is 1. The molecular formula is C13H25N5. The molecule has 1 aromatic rings. The molecule has 0 spiro atoms. The number of nitrogens with two attached hydrogens (primary N) is 1. The third-order valence-corrected chi connectivity index (χ3v) is 3.53. The zero-order valence-electron chi connectivity index (χ0n) is 11.4. The lowest BCUT2D eigenvalue weighted by atomic mass is 10.1. The van der Waals surface area contributed by atoms with Crippen LogP contribution in [0.4, 0.5) is 5.95 Å². The van der Waals surface area contributed by atoms with Crippen molar-refractivity contribution < 1.29 is 0 Å². The van der Waals surface area contributed by atoms with Gasteiger partial charge in [0, 0.05) is 25.6 Å². The highest BCUT2D eigenvalue weighted by atomic mass is 15.4. The van der Waals surface area contributed by atoms with Crippen LogP contribution in [-0.4, -0.2) is 34.3 Å². The standard InChI is InChI=1S/C13H25N5/c1-2-3-4-5-8-12-15-13(17-16-12)18-9-6-7-11(14)10-18/h11H,2-10,14H2,1H3,(H,15,16,17). The summed E-state index contributed by atoms with van der Waals surface area (Å²) in [6.07, 6.45) is 8.32. The number of nitrogens with one attached hydrogen (secondary N) is 1. The van der Waals surface area contributed by atoms with E-state index in [0.29, 0.717) is 0 Å². The minimum Gasteiger partial charge on any atom is -0.338 e. The SMILES string of the molecule is CCCCCCc1nc(N2CCCC(N)C2)n[nH]1. The van der Waals surface area contributed by atoms with Crippen molar-refractivity contribution in [2.24, 2.45) is 5.73 Å². The van der Waals surface area contributed by atoms with Crippen LogP contribution in [0.25, 0.3) is 0 Å². The van der Waals surface area contributed by atoms with Crippen LogP contribution < -0.4 is 10.6 Å². The summed E-state index contributed by atoms with van der Waals surface area (Å²) in [7, 11) is 0. The van der Waals surface area contributed by atoms with Crippen LogP contribution in [0.3, 0.4) is 0 Å². The summed E-state index contributed by atoms with van der Waals surface area (Å²) in [5.41, 5.74) is 5.98. The Morgan fingerprint density at radius 3 is 3.06 bits per heavy atom. The summed E-state index contributed by atoms with van der Waals surface area (Å²) in [6, 6.07) is 0.269. The molecule has 0 saturated carbocycles. The number of hydrogen-bond donors (Lipinski definition) is 2. The fourth-order valence-corrected chi connectivity index (χ4v) is 2.45. The molecule has 1 fully saturated rings. The third kappa shape index (κ3) is 3.70. The van der Waals surface area contributed by atoms with Crippen LogP contribution in [0.5, 0.6) is 0 Å². The monoisotopic (exact) mass is 251 g/mol. The van der Waals surface area contributed by atoms with Crippen molar-refractivity contribution >= 4 is 5.95 Å². The van der Waals surface area contributed by atoms with Gasteiger partial charge < -0.3 is 10.6 Å². The number of aromatic nitrogens is 3. The van der Waals surface area contributed by atoms with Crippen molar-refractivity contribution in [2.45, 2.75) is 57.9 Å². The normalized spacial score (nSPS) is 20.3. The van der Waals surface area contributed by atoms with E-state index in [9.17, 15) is 0 Å². The Morgan fingerprint density at radius 2 is 2.28 bits per heavy atom. The summed E-state index contributed by atoms with van der Waals surface area (Å²) >= 11 is 0. The maximum atomic E-state index is 5.98. The molecule has 3 N–H and O–H groups in total. The fourth-order valence-electron chi connectivity index (χ4n) is 2.45. The van der Waals surface area contributed by atoms with Gasteiger partial charge in [-0.15, -0.1) is 5.10 Å². The van der Waals surface area contributed by atoms with Gasteiger partial charge in [0.15, 0.2) is 0 Å². The Labute approximate surface area is 109 Å². The highest BCUT2D eigenvalue weighted by Crippen LogP contribution is 2.15. The molecule has 1 saturated heterocycles. The molecule has 1 atom stereocenters. The highest BCUT2D eigenvalue weighted by Gasteiger charge is 2.19. The van der Waals surface area contributed by atoms with Gasteiger partial charge in [-0.3, -0.25) is 5.10 Å². The number of rotatable bonds is 6. The van der Waals surface area contributed by atoms with E-state index in [2.05, 4.69) is 27.0 Å². The first kappa shape index (κ1) is 13.3. The van der Waals surface area contributed by atoms with Crippen LogP contribution in [-0.2, 0) is 6.42 Å². The smallest absolute Gasteiger partial charge is 0.244 e. The molecule has 0 aromatic carbocycles. The van der Waals surface area contributed by atoms with Crippen molar-refractivity contribution in [3.05, 3.63) is 5.82 Å². The molecule has 5 heteroatoms. The van der Waals surface area contributed by atoms with Crippen molar-refractivity contribution in [2.75, 3.05) is 18.0 Å². The molecule has 5 nitrogen and oxygen atoms in total. The Morgan fingerprint density at radius 1 is 1.39 bits per heavy atom. The molecule has 1 unspecified atom stereocenters.